The molecule has 112 valence electrons. The summed E-state index contributed by atoms with van der Waals surface area (Å²) in [4.78, 5) is 11.3. The third kappa shape index (κ3) is 3.13. The monoisotopic (exact) mass is 288 g/mol. The topological polar surface area (TPSA) is 53.4 Å². The van der Waals surface area contributed by atoms with E-state index in [1.165, 1.54) is 0 Å². The average Bonchev–Trinajstić information content (AvgIpc) is 2.73. The van der Waals surface area contributed by atoms with Crippen LogP contribution >= 0.6 is 0 Å². The van der Waals surface area contributed by atoms with Gasteiger partial charge in [-0.3, -0.25) is 9.48 Å². The van der Waals surface area contributed by atoms with E-state index >= 15 is 0 Å². The van der Waals surface area contributed by atoms with Crippen LogP contribution in [0.1, 0.15) is 21.7 Å². The zero-order valence-electron chi connectivity index (χ0n) is 12.8. The first-order chi connectivity index (χ1) is 10.1. The van der Waals surface area contributed by atoms with Crippen LogP contribution in [-0.4, -0.2) is 36.4 Å². The molecule has 0 amide bonds. The number of aryl methyl sites for hydroxylation is 2. The summed E-state index contributed by atoms with van der Waals surface area (Å²) in [5, 5.41) is 4.41. The Hall–Kier alpha value is -2.14. The van der Waals surface area contributed by atoms with Gasteiger partial charge in [-0.1, -0.05) is 6.07 Å². The molecular formula is C16H20N2O3. The highest BCUT2D eigenvalue weighted by molar-refractivity contribution is 5.83. The highest BCUT2D eigenvalue weighted by atomic mass is 16.5. The van der Waals surface area contributed by atoms with Gasteiger partial charge in [0, 0.05) is 25.4 Å². The molecule has 0 aliphatic carbocycles. The van der Waals surface area contributed by atoms with Gasteiger partial charge in [-0.15, -0.1) is 0 Å². The molecule has 0 radical (unpaired) electrons. The van der Waals surface area contributed by atoms with Crippen LogP contribution in [0.2, 0.25) is 0 Å². The Morgan fingerprint density at radius 3 is 2.62 bits per heavy atom. The van der Waals surface area contributed by atoms with Crippen LogP contribution < -0.4 is 4.74 Å². The number of ether oxygens (including phenoxy) is 2. The van der Waals surface area contributed by atoms with Crippen molar-refractivity contribution >= 4 is 6.29 Å². The van der Waals surface area contributed by atoms with Gasteiger partial charge < -0.3 is 9.47 Å². The van der Waals surface area contributed by atoms with Gasteiger partial charge in [0.15, 0.2) is 6.29 Å². The van der Waals surface area contributed by atoms with Crippen LogP contribution in [0.3, 0.4) is 0 Å². The first-order valence-corrected chi connectivity index (χ1v) is 6.80. The summed E-state index contributed by atoms with van der Waals surface area (Å²) < 4.78 is 12.3. The van der Waals surface area contributed by atoms with Gasteiger partial charge in [-0.25, -0.2) is 0 Å². The number of nitrogens with zero attached hydrogens (tertiary/aromatic N) is 2. The molecule has 21 heavy (non-hydrogen) atoms. The van der Waals surface area contributed by atoms with Gasteiger partial charge in [0.1, 0.15) is 12.4 Å². The lowest BCUT2D eigenvalue weighted by Crippen LogP contribution is -2.05. The predicted octanol–water partition coefficient (Wildman–Crippen LogP) is 2.54. The SMILES string of the molecule is COCCOc1ccc(-c2c(C)nn(C)c2C)cc1C=O. The second-order valence-corrected chi connectivity index (χ2v) is 4.88. The number of rotatable bonds is 6. The third-order valence-corrected chi connectivity index (χ3v) is 3.48. The van der Waals surface area contributed by atoms with Crippen molar-refractivity contribution in [2.45, 2.75) is 13.8 Å². The van der Waals surface area contributed by atoms with E-state index in [1.54, 1.807) is 7.11 Å². The van der Waals surface area contributed by atoms with Gasteiger partial charge >= 0.3 is 0 Å². The molecule has 0 bridgehead atoms. The molecule has 0 N–H and O–H groups in total. The lowest BCUT2D eigenvalue weighted by atomic mass is 10.0. The van der Waals surface area contributed by atoms with Crippen LogP contribution in [0, 0.1) is 13.8 Å². The van der Waals surface area contributed by atoms with Crippen LogP contribution in [0.25, 0.3) is 11.1 Å². The Kier molecular flexibility index (Phi) is 4.75. The van der Waals surface area contributed by atoms with E-state index in [2.05, 4.69) is 5.10 Å². The second kappa shape index (κ2) is 6.54. The molecule has 0 spiro atoms. The Labute approximate surface area is 124 Å². The Morgan fingerprint density at radius 1 is 1.29 bits per heavy atom. The van der Waals surface area contributed by atoms with E-state index in [4.69, 9.17) is 9.47 Å². The Balaban J connectivity index is 2.36. The molecule has 0 aliphatic rings. The first-order valence-electron chi connectivity index (χ1n) is 6.80. The van der Waals surface area contributed by atoms with Crippen molar-refractivity contribution in [3.63, 3.8) is 0 Å². The fourth-order valence-electron chi connectivity index (χ4n) is 2.35. The summed E-state index contributed by atoms with van der Waals surface area (Å²) in [5.74, 6) is 0.574. The number of aromatic nitrogens is 2. The Bertz CT molecular complexity index is 647. The average molecular weight is 288 g/mol. The molecule has 2 aromatic rings. The summed E-state index contributed by atoms with van der Waals surface area (Å²) >= 11 is 0. The van der Waals surface area contributed by atoms with Crippen LogP contribution in [0.5, 0.6) is 5.75 Å². The third-order valence-electron chi connectivity index (χ3n) is 3.48. The molecule has 0 saturated heterocycles. The lowest BCUT2D eigenvalue weighted by molar-refractivity contribution is 0.111. The smallest absolute Gasteiger partial charge is 0.153 e. The number of benzene rings is 1. The fraction of sp³-hybridized carbons (Fsp3) is 0.375. The molecule has 1 heterocycles. The molecule has 1 aromatic carbocycles. The van der Waals surface area contributed by atoms with Crippen LogP contribution in [0.4, 0.5) is 0 Å². The van der Waals surface area contributed by atoms with Gasteiger partial charge in [-0.2, -0.15) is 5.10 Å². The molecule has 0 unspecified atom stereocenters. The van der Waals surface area contributed by atoms with E-state index in [9.17, 15) is 4.79 Å². The molecule has 2 rings (SSSR count). The van der Waals surface area contributed by atoms with Crippen LogP contribution in [0.15, 0.2) is 18.2 Å². The fourth-order valence-corrected chi connectivity index (χ4v) is 2.35. The number of methoxy groups -OCH3 is 1. The first kappa shape index (κ1) is 15.3. The van der Waals surface area contributed by atoms with Crippen molar-refractivity contribution in [2.24, 2.45) is 7.05 Å². The summed E-state index contributed by atoms with van der Waals surface area (Å²) in [7, 11) is 3.52. The lowest BCUT2D eigenvalue weighted by Gasteiger charge is -2.10. The summed E-state index contributed by atoms with van der Waals surface area (Å²) in [5.41, 5.74) is 4.58. The van der Waals surface area contributed by atoms with Crippen molar-refractivity contribution in [3.05, 3.63) is 35.2 Å². The van der Waals surface area contributed by atoms with Crippen molar-refractivity contribution < 1.29 is 14.3 Å². The van der Waals surface area contributed by atoms with Crippen molar-refractivity contribution in [1.29, 1.82) is 0 Å². The summed E-state index contributed by atoms with van der Waals surface area (Å²) in [6.45, 7) is 4.88. The Morgan fingerprint density at radius 2 is 2.05 bits per heavy atom. The minimum absolute atomic E-state index is 0.418. The zero-order chi connectivity index (χ0) is 15.4. The van der Waals surface area contributed by atoms with Gasteiger partial charge in [0.25, 0.3) is 0 Å². The highest BCUT2D eigenvalue weighted by Crippen LogP contribution is 2.30. The largest absolute Gasteiger partial charge is 0.490 e. The maximum atomic E-state index is 11.3. The predicted molar refractivity (Wildman–Crippen MR) is 80.9 cm³/mol. The van der Waals surface area contributed by atoms with E-state index in [0.29, 0.717) is 24.5 Å². The van der Waals surface area contributed by atoms with E-state index in [-0.39, 0.29) is 0 Å². The second-order valence-electron chi connectivity index (χ2n) is 4.88. The zero-order valence-corrected chi connectivity index (χ0v) is 12.8. The van der Waals surface area contributed by atoms with Gasteiger partial charge in [0.05, 0.1) is 17.9 Å². The highest BCUT2D eigenvalue weighted by Gasteiger charge is 2.13. The maximum Gasteiger partial charge on any atom is 0.153 e. The molecule has 0 atom stereocenters. The van der Waals surface area contributed by atoms with Gasteiger partial charge in [-0.05, 0) is 31.5 Å². The number of carbonyl (C=O) groups is 1. The normalized spacial score (nSPS) is 10.7. The van der Waals surface area contributed by atoms with Crippen molar-refractivity contribution in [2.75, 3.05) is 20.3 Å². The number of carbonyl (C=O) groups excluding carboxylic acids is 1. The minimum atomic E-state index is 0.418. The summed E-state index contributed by atoms with van der Waals surface area (Å²) in [6.07, 6.45) is 0.812. The maximum absolute atomic E-state index is 11.3. The van der Waals surface area contributed by atoms with Gasteiger partial charge in [0.2, 0.25) is 0 Å². The molecular weight excluding hydrogens is 268 g/mol. The van der Waals surface area contributed by atoms with Crippen molar-refractivity contribution in [1.82, 2.24) is 9.78 Å². The standard InChI is InChI=1S/C16H20N2O3/c1-11-16(12(2)18(3)17-11)13-5-6-15(14(9-13)10-19)21-8-7-20-4/h5-6,9-10H,7-8H2,1-4H3. The van der Waals surface area contributed by atoms with E-state index in [0.717, 1.165) is 28.8 Å². The molecule has 0 fully saturated rings. The number of aldehydes is 1. The molecule has 0 saturated carbocycles. The molecule has 0 aliphatic heterocycles. The molecule has 1 aromatic heterocycles. The summed E-state index contributed by atoms with van der Waals surface area (Å²) in [6, 6.07) is 5.61. The van der Waals surface area contributed by atoms with E-state index < -0.39 is 0 Å². The van der Waals surface area contributed by atoms with E-state index in [1.807, 2.05) is 43.8 Å². The molecule has 5 nitrogen and oxygen atoms in total. The quantitative estimate of drug-likeness (QED) is 0.605. The van der Waals surface area contributed by atoms with Crippen LogP contribution in [-0.2, 0) is 11.8 Å². The number of hydrogen-bond donors (Lipinski definition) is 0. The van der Waals surface area contributed by atoms with Crippen molar-refractivity contribution in [3.8, 4) is 16.9 Å². The molecule has 5 heteroatoms. The number of hydrogen-bond acceptors (Lipinski definition) is 4. The minimum Gasteiger partial charge on any atom is -0.490 e.